The van der Waals surface area contributed by atoms with E-state index in [0.717, 1.165) is 22.2 Å². The number of aliphatic imine (C=N–C) groups is 1. The zero-order valence-electron chi connectivity index (χ0n) is 15.5. The molecule has 26 heavy (non-hydrogen) atoms. The molecule has 0 amide bonds. The van der Waals surface area contributed by atoms with E-state index in [1.165, 1.54) is 0 Å². The Balaban J connectivity index is 2.16. The summed E-state index contributed by atoms with van der Waals surface area (Å²) >= 11 is 0. The number of allylic oxidation sites excluding steroid dienone is 3. The van der Waals surface area contributed by atoms with Crippen LogP contribution >= 0.6 is 10.8 Å². The SMILES string of the molecule is C=N/C(C)=C\C=C/CCNS(O)(O)c1cccc2c(N(C)C)cccc12. The van der Waals surface area contributed by atoms with Gasteiger partial charge in [0.05, 0.1) is 4.90 Å². The molecule has 0 aliphatic rings. The lowest BCUT2D eigenvalue weighted by Crippen LogP contribution is -2.21. The Bertz CT molecular complexity index is 829. The lowest BCUT2D eigenvalue weighted by molar-refractivity contribution is 0.471. The molecule has 2 aromatic carbocycles. The highest BCUT2D eigenvalue weighted by Gasteiger charge is 2.18. The maximum Gasteiger partial charge on any atom is 0.0829 e. The third-order valence-corrected chi connectivity index (χ3v) is 5.56. The van der Waals surface area contributed by atoms with Crippen molar-refractivity contribution in [2.24, 2.45) is 4.99 Å². The molecule has 0 heterocycles. The summed E-state index contributed by atoms with van der Waals surface area (Å²) in [6.07, 6.45) is 6.37. The van der Waals surface area contributed by atoms with E-state index in [0.29, 0.717) is 17.9 Å². The van der Waals surface area contributed by atoms with Crippen molar-refractivity contribution in [3.63, 3.8) is 0 Å². The third-order valence-electron chi connectivity index (χ3n) is 3.98. The van der Waals surface area contributed by atoms with Crippen molar-refractivity contribution in [2.45, 2.75) is 18.2 Å². The zero-order valence-corrected chi connectivity index (χ0v) is 16.3. The molecule has 140 valence electrons. The molecule has 0 aliphatic carbocycles. The fourth-order valence-corrected chi connectivity index (χ4v) is 3.93. The topological polar surface area (TPSA) is 68.1 Å². The predicted octanol–water partition coefficient (Wildman–Crippen LogP) is 5.07. The summed E-state index contributed by atoms with van der Waals surface area (Å²) in [6.45, 7) is 5.78. The minimum atomic E-state index is -3.08. The van der Waals surface area contributed by atoms with Gasteiger partial charge in [-0.25, -0.2) is 4.72 Å². The van der Waals surface area contributed by atoms with Gasteiger partial charge in [-0.2, -0.15) is 0 Å². The average Bonchev–Trinajstić information content (AvgIpc) is 2.63. The fourth-order valence-electron chi connectivity index (χ4n) is 2.62. The molecule has 2 aromatic rings. The first-order chi connectivity index (χ1) is 12.4. The van der Waals surface area contributed by atoms with E-state index in [1.807, 2.05) is 74.5 Å². The van der Waals surface area contributed by atoms with Crippen LogP contribution in [0.2, 0.25) is 0 Å². The zero-order chi connectivity index (χ0) is 19.2. The van der Waals surface area contributed by atoms with E-state index in [1.54, 1.807) is 6.07 Å². The van der Waals surface area contributed by atoms with Crippen LogP contribution in [-0.4, -0.2) is 36.5 Å². The number of hydrogen-bond acceptors (Lipinski definition) is 5. The van der Waals surface area contributed by atoms with E-state index >= 15 is 0 Å². The monoisotopic (exact) mass is 373 g/mol. The summed E-state index contributed by atoms with van der Waals surface area (Å²) in [6, 6.07) is 11.5. The second-order valence-electron chi connectivity index (χ2n) is 6.15. The minimum absolute atomic E-state index is 0.455. The molecule has 0 saturated heterocycles. The molecule has 0 bridgehead atoms. The number of rotatable bonds is 8. The van der Waals surface area contributed by atoms with Crippen LogP contribution in [0.4, 0.5) is 5.69 Å². The van der Waals surface area contributed by atoms with E-state index in [9.17, 15) is 9.11 Å². The van der Waals surface area contributed by atoms with Gasteiger partial charge in [0, 0.05) is 42.8 Å². The number of benzene rings is 2. The fraction of sp³-hybridized carbons (Fsp3) is 0.250. The number of fused-ring (bicyclic) bond motifs is 1. The predicted molar refractivity (Wildman–Crippen MR) is 114 cm³/mol. The van der Waals surface area contributed by atoms with Gasteiger partial charge in [0.2, 0.25) is 0 Å². The van der Waals surface area contributed by atoms with Crippen LogP contribution in [-0.2, 0) is 0 Å². The Morgan fingerprint density at radius 2 is 1.88 bits per heavy atom. The molecule has 0 saturated carbocycles. The van der Waals surface area contributed by atoms with Gasteiger partial charge in [0.25, 0.3) is 0 Å². The van der Waals surface area contributed by atoms with Gasteiger partial charge in [-0.05, 0) is 38.3 Å². The van der Waals surface area contributed by atoms with Crippen LogP contribution in [0.3, 0.4) is 0 Å². The van der Waals surface area contributed by atoms with Gasteiger partial charge in [-0.1, -0.05) is 36.4 Å². The quantitative estimate of drug-likeness (QED) is 0.343. The first-order valence-corrected chi connectivity index (χ1v) is 9.93. The summed E-state index contributed by atoms with van der Waals surface area (Å²) in [4.78, 5) is 6.34. The Morgan fingerprint density at radius 1 is 1.19 bits per heavy atom. The second kappa shape index (κ2) is 9.00. The van der Waals surface area contributed by atoms with Crippen molar-refractivity contribution in [1.29, 1.82) is 0 Å². The standard InChI is InChI=1S/C20H27N3O2S/c1-16(21-2)10-6-5-7-15-22-26(24,25)20-14-9-11-17-18(20)12-8-13-19(17)23(3)4/h5-6,8-14,22,24-25H,2,7,15H2,1,3-4H3/b6-5-,16-10-. The van der Waals surface area contributed by atoms with E-state index in [2.05, 4.69) is 16.4 Å². The maximum atomic E-state index is 10.7. The normalized spacial score (nSPS) is 13.3. The lowest BCUT2D eigenvalue weighted by atomic mass is 10.1. The molecule has 0 fully saturated rings. The van der Waals surface area contributed by atoms with Crippen molar-refractivity contribution in [1.82, 2.24) is 4.72 Å². The Hall–Kier alpha value is -2.12. The molecule has 0 atom stereocenters. The van der Waals surface area contributed by atoms with Crippen molar-refractivity contribution in [2.75, 3.05) is 25.5 Å². The average molecular weight is 374 g/mol. The van der Waals surface area contributed by atoms with Crippen LogP contribution in [0.5, 0.6) is 0 Å². The first-order valence-electron chi connectivity index (χ1n) is 8.39. The molecule has 3 N–H and O–H groups in total. The van der Waals surface area contributed by atoms with Crippen LogP contribution in [0, 0.1) is 0 Å². The highest BCUT2D eigenvalue weighted by Crippen LogP contribution is 2.48. The van der Waals surface area contributed by atoms with E-state index in [4.69, 9.17) is 0 Å². The van der Waals surface area contributed by atoms with Gasteiger partial charge in [-0.3, -0.25) is 14.1 Å². The van der Waals surface area contributed by atoms with Crippen LogP contribution in [0.1, 0.15) is 13.3 Å². The Morgan fingerprint density at radius 3 is 2.58 bits per heavy atom. The summed E-state index contributed by atoms with van der Waals surface area (Å²) in [5, 5.41) is 1.84. The van der Waals surface area contributed by atoms with E-state index in [-0.39, 0.29) is 0 Å². The molecule has 2 rings (SSSR count). The van der Waals surface area contributed by atoms with Gasteiger partial charge >= 0.3 is 0 Å². The number of nitrogens with zero attached hydrogens (tertiary/aromatic N) is 2. The molecule has 0 unspecified atom stereocenters. The van der Waals surface area contributed by atoms with Crippen molar-refractivity contribution >= 4 is 34.0 Å². The minimum Gasteiger partial charge on any atom is -0.377 e. The molecular weight excluding hydrogens is 346 g/mol. The highest BCUT2D eigenvalue weighted by molar-refractivity contribution is 8.22. The highest BCUT2D eigenvalue weighted by atomic mass is 32.3. The molecule has 0 aliphatic heterocycles. The molecule has 0 radical (unpaired) electrons. The van der Waals surface area contributed by atoms with Crippen LogP contribution in [0.15, 0.2) is 70.2 Å². The molecule has 0 spiro atoms. The van der Waals surface area contributed by atoms with Crippen molar-refractivity contribution in [3.8, 4) is 0 Å². The molecule has 6 heteroatoms. The van der Waals surface area contributed by atoms with Crippen LogP contribution < -0.4 is 9.62 Å². The van der Waals surface area contributed by atoms with Gasteiger partial charge in [0.15, 0.2) is 0 Å². The van der Waals surface area contributed by atoms with Crippen molar-refractivity contribution in [3.05, 3.63) is 60.3 Å². The Labute approximate surface area is 157 Å². The summed E-state index contributed by atoms with van der Waals surface area (Å²) < 4.78 is 24.2. The first kappa shape index (κ1) is 20.2. The summed E-state index contributed by atoms with van der Waals surface area (Å²) in [5.41, 5.74) is 1.88. The molecule has 0 aromatic heterocycles. The largest absolute Gasteiger partial charge is 0.377 e. The van der Waals surface area contributed by atoms with Gasteiger partial charge in [-0.15, -0.1) is 10.8 Å². The summed E-state index contributed by atoms with van der Waals surface area (Å²) in [5.74, 6) is 0. The van der Waals surface area contributed by atoms with E-state index < -0.39 is 10.8 Å². The smallest absolute Gasteiger partial charge is 0.0829 e. The Kier molecular flexibility index (Phi) is 6.99. The number of hydrogen-bond donors (Lipinski definition) is 3. The van der Waals surface area contributed by atoms with Crippen molar-refractivity contribution < 1.29 is 9.11 Å². The molecule has 5 nitrogen and oxygen atoms in total. The van der Waals surface area contributed by atoms with Gasteiger partial charge in [0.1, 0.15) is 0 Å². The maximum absolute atomic E-state index is 10.7. The molecular formula is C20H27N3O2S. The second-order valence-corrected chi connectivity index (χ2v) is 7.98. The van der Waals surface area contributed by atoms with Gasteiger partial charge < -0.3 is 4.90 Å². The lowest BCUT2D eigenvalue weighted by Gasteiger charge is -2.34. The number of anilines is 1. The summed E-state index contributed by atoms with van der Waals surface area (Å²) in [7, 11) is 0.865. The number of nitrogens with one attached hydrogen (secondary N) is 1. The third kappa shape index (κ3) is 4.95. The van der Waals surface area contributed by atoms with Crippen LogP contribution in [0.25, 0.3) is 10.8 Å².